The van der Waals surface area contributed by atoms with Gasteiger partial charge in [-0.15, -0.1) is 0 Å². The zero-order valence-electron chi connectivity index (χ0n) is 23.7. The fourth-order valence-corrected chi connectivity index (χ4v) is 4.73. The summed E-state index contributed by atoms with van der Waals surface area (Å²) in [6.45, 7) is 0. The van der Waals surface area contributed by atoms with E-state index in [0.29, 0.717) is 24.3 Å². The van der Waals surface area contributed by atoms with Crippen molar-refractivity contribution < 1.29 is 63.0 Å². The molecule has 0 radical (unpaired) electrons. The van der Waals surface area contributed by atoms with Crippen molar-refractivity contribution in [3.63, 3.8) is 0 Å². The highest BCUT2D eigenvalue weighted by molar-refractivity contribution is 5.96. The Morgan fingerprint density at radius 3 is 2.04 bits per heavy atom. The quantitative estimate of drug-likeness (QED) is 0.136. The fraction of sp³-hybridized carbons (Fsp3) is 0.188. The lowest BCUT2D eigenvalue weighted by molar-refractivity contribution is -0.253. The third kappa shape index (κ3) is 7.34. The summed E-state index contributed by atoms with van der Waals surface area (Å²) in [6, 6.07) is 13.3. The van der Waals surface area contributed by atoms with Gasteiger partial charge in [0.05, 0.1) is 18.2 Å². The summed E-state index contributed by atoms with van der Waals surface area (Å²) >= 11 is 0. The molecule has 0 aliphatic carbocycles. The molecular weight excluding hydrogens is 652 g/mol. The Morgan fingerprint density at radius 2 is 1.43 bits per heavy atom. The number of carbonyl (C=O) groups is 2. The number of carbonyl (C=O) groups excluding carboxylic acids is 2. The third-order valence-electron chi connectivity index (χ3n) is 6.89. The molecule has 0 heterocycles. The minimum Gasteiger partial charge on any atom is -0.465 e. The molecule has 0 saturated carbocycles. The Labute approximate surface area is 259 Å². The molecule has 0 aliphatic rings. The van der Waals surface area contributed by atoms with Crippen molar-refractivity contribution in [2.45, 2.75) is 30.4 Å². The molecule has 1 amide bonds. The van der Waals surface area contributed by atoms with Gasteiger partial charge < -0.3 is 14.8 Å². The van der Waals surface area contributed by atoms with Crippen molar-refractivity contribution in [2.24, 2.45) is 0 Å². The molecule has 1 N–H and O–H groups in total. The van der Waals surface area contributed by atoms with E-state index in [0.717, 1.165) is 19.2 Å². The lowest BCUT2D eigenvalue weighted by atomic mass is 9.75. The van der Waals surface area contributed by atoms with Crippen LogP contribution in [0, 0.1) is 11.6 Å². The molecule has 0 bridgehead atoms. The molecule has 2 unspecified atom stereocenters. The molecule has 47 heavy (non-hydrogen) atoms. The lowest BCUT2D eigenvalue weighted by Gasteiger charge is -2.39. The van der Waals surface area contributed by atoms with Crippen LogP contribution in [-0.2, 0) is 16.5 Å². The molecule has 4 aromatic rings. The first-order valence-corrected chi connectivity index (χ1v) is 13.2. The summed E-state index contributed by atoms with van der Waals surface area (Å²) < 4.78 is 149. The fourth-order valence-electron chi connectivity index (χ4n) is 4.73. The number of hydrogen-bond acceptors (Lipinski definition) is 4. The largest absolute Gasteiger partial charge is 0.465 e. The molecule has 0 spiro atoms. The Hall–Kier alpha value is -5.08. The van der Waals surface area contributed by atoms with Crippen LogP contribution < -0.4 is 10.1 Å². The number of nitrogens with one attached hydrogen (secondary N) is 1. The maximum Gasteiger partial charge on any atom is 0.461 e. The van der Waals surface area contributed by atoms with Gasteiger partial charge in [0, 0.05) is 11.6 Å². The van der Waals surface area contributed by atoms with Gasteiger partial charge in [-0.3, -0.25) is 4.79 Å². The number of methoxy groups -OCH3 is 1. The van der Waals surface area contributed by atoms with Crippen LogP contribution in [0.4, 0.5) is 43.9 Å². The van der Waals surface area contributed by atoms with Gasteiger partial charge in [-0.2, -0.15) is 30.7 Å². The van der Waals surface area contributed by atoms with Gasteiger partial charge in [0.2, 0.25) is 0 Å². The zero-order valence-corrected chi connectivity index (χ0v) is 23.7. The zero-order chi connectivity index (χ0) is 34.7. The van der Waals surface area contributed by atoms with Crippen LogP contribution in [0.2, 0.25) is 0 Å². The van der Waals surface area contributed by atoms with Crippen molar-refractivity contribution >= 4 is 11.9 Å². The first kappa shape index (κ1) is 34.8. The van der Waals surface area contributed by atoms with E-state index >= 15 is 8.78 Å². The monoisotopic (exact) mass is 673 g/mol. The van der Waals surface area contributed by atoms with E-state index in [1.165, 1.54) is 42.5 Å². The minimum absolute atomic E-state index is 0.124. The molecule has 0 aliphatic heterocycles. The summed E-state index contributed by atoms with van der Waals surface area (Å²) in [5.74, 6) is -6.95. The normalized spacial score (nSPS) is 13.9. The van der Waals surface area contributed by atoms with Gasteiger partial charge in [-0.25, -0.2) is 18.0 Å². The first-order chi connectivity index (χ1) is 22.0. The van der Waals surface area contributed by atoms with Crippen molar-refractivity contribution in [2.75, 3.05) is 7.11 Å². The highest BCUT2D eigenvalue weighted by atomic mass is 19.4. The standard InChI is InChI=1S/C32H21F10NO4/c1-46-28(45)19-8-5-9-20(12-19)30(26(35)17-6-3-2-4-7-17,21-14-22(33)16-23(15-21)47-32(41,42)29(36)37)43-27(44)18-10-11-25(34)24(13-18)31(38,39)40/h2-16,26,29H,1H3,(H,43,44). The molecule has 15 heteroatoms. The predicted octanol–water partition coefficient (Wildman–Crippen LogP) is 8.39. The van der Waals surface area contributed by atoms with Crippen LogP contribution in [0.1, 0.15) is 49.1 Å². The van der Waals surface area contributed by atoms with Gasteiger partial charge in [-0.05, 0) is 59.2 Å². The molecule has 0 aromatic heterocycles. The number of amides is 1. The Bertz CT molecular complexity index is 1760. The first-order valence-electron chi connectivity index (χ1n) is 13.2. The molecule has 4 rings (SSSR count). The van der Waals surface area contributed by atoms with Crippen molar-refractivity contribution in [1.82, 2.24) is 5.32 Å². The van der Waals surface area contributed by atoms with Gasteiger partial charge in [0.1, 0.15) is 22.9 Å². The number of halogens is 10. The number of hydrogen-bond donors (Lipinski definition) is 1. The van der Waals surface area contributed by atoms with Crippen LogP contribution in [0.15, 0.2) is 91.0 Å². The van der Waals surface area contributed by atoms with Crippen molar-refractivity contribution in [1.29, 1.82) is 0 Å². The Balaban J connectivity index is 2.06. The van der Waals surface area contributed by atoms with Crippen LogP contribution >= 0.6 is 0 Å². The number of rotatable bonds is 10. The summed E-state index contributed by atoms with van der Waals surface area (Å²) in [7, 11) is 0.998. The second-order valence-electron chi connectivity index (χ2n) is 9.94. The molecule has 5 nitrogen and oxygen atoms in total. The smallest absolute Gasteiger partial charge is 0.461 e. The molecule has 0 fully saturated rings. The van der Waals surface area contributed by atoms with Crippen molar-refractivity contribution in [3.8, 4) is 5.75 Å². The second-order valence-corrected chi connectivity index (χ2v) is 9.94. The van der Waals surface area contributed by atoms with E-state index < -0.39 is 81.9 Å². The van der Waals surface area contributed by atoms with Crippen LogP contribution in [0.25, 0.3) is 0 Å². The van der Waals surface area contributed by atoms with Crippen LogP contribution in [-0.4, -0.2) is 31.5 Å². The van der Waals surface area contributed by atoms with Gasteiger partial charge in [0.15, 0.2) is 6.17 Å². The summed E-state index contributed by atoms with van der Waals surface area (Å²) in [5.41, 5.74) is -7.31. The maximum absolute atomic E-state index is 17.2. The van der Waals surface area contributed by atoms with E-state index in [1.54, 1.807) is 0 Å². The summed E-state index contributed by atoms with van der Waals surface area (Å²) in [4.78, 5) is 26.1. The van der Waals surface area contributed by atoms with Gasteiger partial charge in [-0.1, -0.05) is 42.5 Å². The predicted molar refractivity (Wildman–Crippen MR) is 146 cm³/mol. The highest BCUT2D eigenvalue weighted by Crippen LogP contribution is 2.46. The van der Waals surface area contributed by atoms with E-state index in [4.69, 9.17) is 0 Å². The lowest BCUT2D eigenvalue weighted by Crippen LogP contribution is -2.50. The SMILES string of the molecule is COC(=O)c1cccc(C(NC(=O)c2ccc(F)c(C(F)(F)F)c2)(c2cc(F)cc(OC(F)(F)C(F)F)c2)C(F)c2ccccc2)c1. The third-order valence-corrected chi connectivity index (χ3v) is 6.89. The van der Waals surface area contributed by atoms with E-state index in [1.807, 2.05) is 0 Å². The molecular formula is C32H21F10NO4. The highest BCUT2D eigenvalue weighted by Gasteiger charge is 2.48. The number of benzene rings is 4. The summed E-state index contributed by atoms with van der Waals surface area (Å²) in [6.07, 6.45) is -17.4. The van der Waals surface area contributed by atoms with Gasteiger partial charge >= 0.3 is 24.7 Å². The average molecular weight is 674 g/mol. The van der Waals surface area contributed by atoms with Crippen LogP contribution in [0.3, 0.4) is 0 Å². The van der Waals surface area contributed by atoms with E-state index in [-0.39, 0.29) is 23.3 Å². The Morgan fingerprint density at radius 1 is 0.745 bits per heavy atom. The topological polar surface area (TPSA) is 64.6 Å². The second kappa shape index (κ2) is 13.3. The van der Waals surface area contributed by atoms with Crippen molar-refractivity contribution in [3.05, 3.63) is 136 Å². The number of ether oxygens (including phenoxy) is 2. The summed E-state index contributed by atoms with van der Waals surface area (Å²) in [5, 5.41) is 2.19. The van der Waals surface area contributed by atoms with Crippen LogP contribution in [0.5, 0.6) is 5.75 Å². The number of esters is 1. The molecule has 2 atom stereocenters. The molecule has 0 saturated heterocycles. The molecule has 4 aromatic carbocycles. The minimum atomic E-state index is -5.27. The van der Waals surface area contributed by atoms with E-state index in [9.17, 15) is 44.7 Å². The Kier molecular flexibility index (Phi) is 9.87. The average Bonchev–Trinajstić information content (AvgIpc) is 3.02. The maximum atomic E-state index is 17.2. The van der Waals surface area contributed by atoms with E-state index in [2.05, 4.69) is 14.8 Å². The molecule has 248 valence electrons. The van der Waals surface area contributed by atoms with Gasteiger partial charge in [0.25, 0.3) is 5.91 Å². The number of alkyl halides is 8.